The van der Waals surface area contributed by atoms with E-state index in [0.29, 0.717) is 41.0 Å². The number of para-hydroxylation sites is 2. The van der Waals surface area contributed by atoms with E-state index in [9.17, 15) is 0 Å². The summed E-state index contributed by atoms with van der Waals surface area (Å²) < 4.78 is 31.7. The molecule has 7 aromatic carbocycles. The van der Waals surface area contributed by atoms with Gasteiger partial charge in [0.2, 0.25) is 17.1 Å². The Hall–Kier alpha value is -10.0. The van der Waals surface area contributed by atoms with Crippen LogP contribution >= 0.6 is 0 Å². The van der Waals surface area contributed by atoms with E-state index >= 15 is 0 Å². The van der Waals surface area contributed by atoms with Crippen molar-refractivity contribution >= 4 is 139 Å². The van der Waals surface area contributed by atoms with Crippen molar-refractivity contribution in [2.75, 3.05) is 24.5 Å². The number of hydrogen-bond donors (Lipinski definition) is 0. The quantitative estimate of drug-likeness (QED) is 0.163. The Balaban J connectivity index is 0.000000108. The fourth-order valence-corrected chi connectivity index (χ4v) is 27.3. The minimum Gasteiger partial charge on any atom is -0.454 e. The van der Waals surface area contributed by atoms with E-state index in [-0.39, 0.29) is 43.9 Å². The molecular formula is C114H142N8O5. The average molecular weight is 1700 g/mol. The van der Waals surface area contributed by atoms with Gasteiger partial charge < -0.3 is 46.6 Å². The van der Waals surface area contributed by atoms with Crippen LogP contribution in [0.5, 0.6) is 0 Å². The molecule has 2 saturated carbocycles. The summed E-state index contributed by atoms with van der Waals surface area (Å²) in [6.07, 6.45) is 23.5. The van der Waals surface area contributed by atoms with Gasteiger partial charge in [0.25, 0.3) is 0 Å². The minimum atomic E-state index is 0.0876. The number of hydrogen-bond acceptors (Lipinski definition) is 13. The van der Waals surface area contributed by atoms with Gasteiger partial charge in [0.15, 0.2) is 27.9 Å². The smallest absolute Gasteiger partial charge is 0.227 e. The fraction of sp³-hybridized carbons (Fsp3) is 0.500. The van der Waals surface area contributed by atoms with Crippen LogP contribution in [0.15, 0.2) is 180 Å². The highest BCUT2D eigenvalue weighted by atomic mass is 16.4. The first-order valence-corrected chi connectivity index (χ1v) is 48.0. The molecule has 7 aliphatic rings. The Bertz CT molecular complexity index is 6410. The third-order valence-electron chi connectivity index (χ3n) is 33.0. The van der Waals surface area contributed by atoms with E-state index < -0.39 is 0 Å². The Labute approximate surface area is 755 Å². The van der Waals surface area contributed by atoms with Crippen LogP contribution in [0.4, 0.5) is 28.4 Å². The van der Waals surface area contributed by atoms with E-state index in [1.165, 1.54) is 167 Å². The normalized spacial score (nSPS) is 23.2. The molecule has 5 aliphatic heterocycles. The van der Waals surface area contributed by atoms with Crippen molar-refractivity contribution in [3.05, 3.63) is 191 Å². The summed E-state index contributed by atoms with van der Waals surface area (Å²) in [7, 11) is 0. The third kappa shape index (κ3) is 14.5. The first-order valence-electron chi connectivity index (χ1n) is 48.0. The Morgan fingerprint density at radius 3 is 0.835 bits per heavy atom. The Morgan fingerprint density at radius 2 is 0.520 bits per heavy atom. The zero-order valence-corrected chi connectivity index (χ0v) is 81.6. The number of furan rings is 5. The van der Waals surface area contributed by atoms with Gasteiger partial charge in [0.1, 0.15) is 11.2 Å². The fourth-order valence-electron chi connectivity index (χ4n) is 27.3. The molecule has 8 aromatic heterocycles. The van der Waals surface area contributed by atoms with Gasteiger partial charge in [-0.1, -0.05) is 177 Å². The number of fused-ring (bicyclic) bond motifs is 15. The molecule has 5 saturated heterocycles. The Kier molecular flexibility index (Phi) is 21.5. The summed E-state index contributed by atoms with van der Waals surface area (Å²) in [5.41, 5.74) is 25.3. The summed E-state index contributed by atoms with van der Waals surface area (Å²) >= 11 is 0. The number of nitrogens with zero attached hydrogens (tertiary/aromatic N) is 8. The van der Waals surface area contributed by atoms with Crippen molar-refractivity contribution in [1.82, 2.24) is 15.0 Å². The number of benzene rings is 7. The van der Waals surface area contributed by atoms with Crippen LogP contribution in [0.2, 0.25) is 0 Å². The van der Waals surface area contributed by atoms with Crippen molar-refractivity contribution < 1.29 is 22.1 Å². The largest absolute Gasteiger partial charge is 0.454 e. The maximum Gasteiger partial charge on any atom is 0.227 e. The first kappa shape index (κ1) is 87.7. The second-order valence-corrected chi connectivity index (χ2v) is 45.5. The zero-order valence-electron chi connectivity index (χ0n) is 81.6. The Morgan fingerprint density at radius 1 is 0.260 bits per heavy atom. The van der Waals surface area contributed by atoms with Gasteiger partial charge in [-0.3, -0.25) is 0 Å². The lowest BCUT2D eigenvalue weighted by Gasteiger charge is -2.41. The summed E-state index contributed by atoms with van der Waals surface area (Å²) in [6.45, 7) is 63.1. The monoisotopic (exact) mass is 1700 g/mol. The van der Waals surface area contributed by atoms with Crippen molar-refractivity contribution in [3.63, 3.8) is 0 Å². The molecule has 0 amide bonds. The van der Waals surface area contributed by atoms with Crippen LogP contribution in [-0.4, -0.2) is 72.9 Å². The molecule has 13 heteroatoms. The van der Waals surface area contributed by atoms with Crippen LogP contribution in [0.25, 0.3) is 110 Å². The third-order valence-corrected chi connectivity index (χ3v) is 33.0. The van der Waals surface area contributed by atoms with Crippen molar-refractivity contribution in [2.24, 2.45) is 27.1 Å². The highest BCUT2D eigenvalue weighted by molar-refractivity contribution is 6.13. The van der Waals surface area contributed by atoms with Crippen molar-refractivity contribution in [3.8, 4) is 0 Å². The van der Waals surface area contributed by atoms with Gasteiger partial charge in [-0.2, -0.15) is 0 Å². The molecule has 0 unspecified atom stereocenters. The summed E-state index contributed by atoms with van der Waals surface area (Å²) in [5.74, 6) is 0. The van der Waals surface area contributed by atoms with E-state index in [0.717, 1.165) is 102 Å². The minimum absolute atomic E-state index is 0.0876. The van der Waals surface area contributed by atoms with Crippen LogP contribution in [0.1, 0.15) is 275 Å². The maximum atomic E-state index is 6.45. The van der Waals surface area contributed by atoms with Crippen LogP contribution in [-0.2, 0) is 0 Å². The maximum absolute atomic E-state index is 6.45. The standard InChI is InChI=1S/C25H31NO.C24H30N2O.C22H28N2O.C22H27NO.C21H26N2O/c1-17-12-13-20-19-10-6-7-11-21(19)27-23(20)22(17)26-18(2)25(16-24(26,3)4)14-8-5-9-15-25;1-16-10-11-18-19-9-8-14-25-22(19)27-21(18)20(16)26-17(2)24(15-23(26,3)4)12-6-5-7-13-24;1-13-8-10-16-17-11-9-14(2)23-20(17)25-19(16)18(13)24-15(3)21(4,5)12-22(24,6)7;1-14-11-12-17-16-9-7-8-10-18(16)24-20(17)19(14)23-15(2)21(3,4)13-22(23,5)6;1-13-9-10-15-16-8-7-11-22-19(16)24-18(15)17(13)23-14(2)20(3,4)12-21(23,5)6/h6-7,10-13,18H,5,8-9,14-16H2,1-4H3;8-11,14,17H,5-7,12-13,15H2,1-4H3;8-11,15H,12H2,1-7H3;7-12,15H,13H2,1-6H3;7-11,14H,12H2,1-6H3/t18-;17-;2*15-;14-/m00000/s1. The van der Waals surface area contributed by atoms with E-state index in [4.69, 9.17) is 22.1 Å². The lowest BCUT2D eigenvalue weighted by atomic mass is 9.68. The molecule has 127 heavy (non-hydrogen) atoms. The summed E-state index contributed by atoms with van der Waals surface area (Å²) in [4.78, 5) is 26.7. The molecule has 0 radical (unpaired) electrons. The van der Waals surface area contributed by atoms with Crippen molar-refractivity contribution in [2.45, 2.75) is 341 Å². The highest BCUT2D eigenvalue weighted by Gasteiger charge is 2.58. The molecule has 13 nitrogen and oxygen atoms in total. The first-order chi connectivity index (χ1) is 59.9. The molecule has 0 bridgehead atoms. The molecule has 15 aromatic rings. The van der Waals surface area contributed by atoms with Gasteiger partial charge in [-0.25, -0.2) is 15.0 Å². The molecule has 5 atom stereocenters. The molecule has 668 valence electrons. The van der Waals surface area contributed by atoms with Crippen LogP contribution in [0, 0.1) is 68.6 Å². The molecule has 2 aliphatic carbocycles. The lowest BCUT2D eigenvalue weighted by molar-refractivity contribution is 0.170. The lowest BCUT2D eigenvalue weighted by Crippen LogP contribution is -2.44. The average Bonchev–Trinajstić information content (AvgIpc) is 1.61. The predicted molar refractivity (Wildman–Crippen MR) is 536 cm³/mol. The van der Waals surface area contributed by atoms with Gasteiger partial charge in [-0.15, -0.1) is 0 Å². The molecule has 7 fully saturated rings. The van der Waals surface area contributed by atoms with E-state index in [1.807, 2.05) is 31.3 Å². The number of anilines is 5. The van der Waals surface area contributed by atoms with Crippen LogP contribution in [0.3, 0.4) is 0 Å². The van der Waals surface area contributed by atoms with E-state index in [1.54, 1.807) is 6.20 Å². The predicted octanol–water partition coefficient (Wildman–Crippen LogP) is 31.8. The second-order valence-electron chi connectivity index (χ2n) is 45.5. The molecule has 0 N–H and O–H groups in total. The number of pyridine rings is 3. The number of aryl methyl sites for hydroxylation is 6. The van der Waals surface area contributed by atoms with Gasteiger partial charge in [0, 0.05) is 130 Å². The highest BCUT2D eigenvalue weighted by Crippen LogP contribution is 2.61. The SMILES string of the molecule is Cc1ccc2c(n1)oc1c(N3[C@@H](C)C(C)(C)CC3(C)C)c(C)ccc12.Cc1ccc2c(oc3ccccc32)c1N1[C@@H](C)C(C)(C)CC1(C)C.Cc1ccc2c(oc3ccccc32)c1N1[C@@H](C)C2(CCCCC2)CC1(C)C.Cc1ccc2c(oc3ncccc32)c1N1[C@@H](C)C(C)(C)CC1(C)C.Cc1ccc2c(oc3ncccc32)c1N1[C@@H](C)C2(CCCCC2)CC1(C)C. The number of aromatic nitrogens is 3. The van der Waals surface area contributed by atoms with Gasteiger partial charge >= 0.3 is 0 Å². The van der Waals surface area contributed by atoms with Gasteiger partial charge in [0.05, 0.1) is 28.4 Å². The van der Waals surface area contributed by atoms with Crippen LogP contribution < -0.4 is 24.5 Å². The summed E-state index contributed by atoms with van der Waals surface area (Å²) in [5, 5.41) is 11.7. The molecule has 2 spiro atoms. The summed E-state index contributed by atoms with van der Waals surface area (Å²) in [6, 6.07) is 53.8. The molecular weight excluding hydrogens is 1560 g/mol. The molecule has 22 rings (SSSR count). The van der Waals surface area contributed by atoms with Gasteiger partial charge in [-0.05, 0) is 307 Å². The number of rotatable bonds is 5. The second kappa shape index (κ2) is 31.1. The topological polar surface area (TPSA) is 121 Å². The van der Waals surface area contributed by atoms with E-state index in [2.05, 4.69) is 347 Å². The van der Waals surface area contributed by atoms with Crippen molar-refractivity contribution in [1.29, 1.82) is 0 Å². The molecule has 13 heterocycles. The zero-order chi connectivity index (χ0) is 90.3.